The first-order valence-corrected chi connectivity index (χ1v) is 13.6. The van der Waals surface area contributed by atoms with E-state index in [-0.39, 0.29) is 16.6 Å². The number of hydrogen-bond acceptors (Lipinski definition) is 7. The topological polar surface area (TPSA) is 93.2 Å². The number of amides is 2. The quantitative estimate of drug-likeness (QED) is 0.221. The highest BCUT2D eigenvalue weighted by atomic mass is 35.5. The third kappa shape index (κ3) is 6.22. The molecule has 0 aliphatic heterocycles. The maximum atomic E-state index is 13.2. The molecule has 35 heavy (non-hydrogen) atoms. The van der Waals surface area contributed by atoms with Crippen LogP contribution < -0.4 is 10.6 Å². The summed E-state index contributed by atoms with van der Waals surface area (Å²) in [5, 5.41) is 6.95. The first-order valence-electron chi connectivity index (χ1n) is 11.4. The lowest BCUT2D eigenvalue weighted by molar-refractivity contribution is 0.0937. The molecule has 0 unspecified atom stereocenters. The predicted molar refractivity (Wildman–Crippen MR) is 141 cm³/mol. The molecular weight excluding hydrogens is 504 g/mol. The molecule has 10 heteroatoms. The summed E-state index contributed by atoms with van der Waals surface area (Å²) in [5.74, 6) is 0.0124. The standard InChI is InChI=1S/C25H27ClN4O3S2/c1-15-7-3-4-8-16(15)14-34-25-28-13-18(26)21(29-25)23(32)30-24-20(22(31)27-11-12-33-2)17-9-5-6-10-19(17)35-24/h3-4,7-8,13H,5-6,9-12,14H2,1-2H3,(H,27,31)(H,30,32). The molecule has 1 aliphatic rings. The van der Waals surface area contributed by atoms with E-state index in [2.05, 4.69) is 39.7 Å². The molecule has 0 saturated heterocycles. The number of fused-ring (bicyclic) bond motifs is 1. The summed E-state index contributed by atoms with van der Waals surface area (Å²) in [6, 6.07) is 8.11. The van der Waals surface area contributed by atoms with Crippen molar-refractivity contribution in [2.75, 3.05) is 25.6 Å². The smallest absolute Gasteiger partial charge is 0.276 e. The molecule has 2 N–H and O–H groups in total. The van der Waals surface area contributed by atoms with Crippen LogP contribution in [0.3, 0.4) is 0 Å². The number of carbonyl (C=O) groups excluding carboxylic acids is 2. The Balaban J connectivity index is 1.54. The van der Waals surface area contributed by atoms with Crippen molar-refractivity contribution in [3.05, 3.63) is 68.3 Å². The van der Waals surface area contributed by atoms with Crippen molar-refractivity contribution in [1.29, 1.82) is 0 Å². The molecule has 2 aromatic heterocycles. The first kappa shape index (κ1) is 25.6. The van der Waals surface area contributed by atoms with Crippen molar-refractivity contribution >= 4 is 51.5 Å². The minimum atomic E-state index is -0.459. The van der Waals surface area contributed by atoms with Crippen molar-refractivity contribution in [2.24, 2.45) is 0 Å². The van der Waals surface area contributed by atoms with E-state index in [1.165, 1.54) is 40.4 Å². The molecule has 4 rings (SSSR count). The van der Waals surface area contributed by atoms with Crippen LogP contribution in [0.25, 0.3) is 0 Å². The number of methoxy groups -OCH3 is 1. The second-order valence-corrected chi connectivity index (χ2v) is 10.6. The number of rotatable bonds is 9. The van der Waals surface area contributed by atoms with Crippen LogP contribution in [-0.4, -0.2) is 42.0 Å². The molecule has 0 saturated carbocycles. The minimum absolute atomic E-state index is 0.0889. The molecular formula is C25H27ClN4O3S2. The first-order chi connectivity index (χ1) is 17.0. The number of halogens is 1. The van der Waals surface area contributed by atoms with Crippen LogP contribution in [0.15, 0.2) is 35.6 Å². The van der Waals surface area contributed by atoms with E-state index in [9.17, 15) is 9.59 Å². The number of anilines is 1. The van der Waals surface area contributed by atoms with Gasteiger partial charge in [0.15, 0.2) is 10.9 Å². The van der Waals surface area contributed by atoms with Gasteiger partial charge in [-0.3, -0.25) is 9.59 Å². The van der Waals surface area contributed by atoms with Crippen molar-refractivity contribution in [3.8, 4) is 0 Å². The summed E-state index contributed by atoms with van der Waals surface area (Å²) in [6.07, 6.45) is 5.27. The lowest BCUT2D eigenvalue weighted by atomic mass is 9.95. The van der Waals surface area contributed by atoms with E-state index in [0.717, 1.165) is 36.1 Å². The molecule has 184 valence electrons. The van der Waals surface area contributed by atoms with Crippen LogP contribution in [0.1, 0.15) is 55.3 Å². The van der Waals surface area contributed by atoms with Crippen LogP contribution in [-0.2, 0) is 23.3 Å². The maximum Gasteiger partial charge on any atom is 0.276 e. The molecule has 0 bridgehead atoms. The van der Waals surface area contributed by atoms with E-state index in [1.54, 1.807) is 7.11 Å². The summed E-state index contributed by atoms with van der Waals surface area (Å²) in [5.41, 5.74) is 4.01. The van der Waals surface area contributed by atoms with Crippen LogP contribution in [0.5, 0.6) is 0 Å². The zero-order chi connectivity index (χ0) is 24.8. The van der Waals surface area contributed by atoms with Crippen molar-refractivity contribution in [1.82, 2.24) is 15.3 Å². The van der Waals surface area contributed by atoms with Crippen molar-refractivity contribution in [2.45, 2.75) is 43.5 Å². The van der Waals surface area contributed by atoms with Crippen LogP contribution in [0.4, 0.5) is 5.00 Å². The number of nitrogens with one attached hydrogen (secondary N) is 2. The van der Waals surface area contributed by atoms with Crippen LogP contribution >= 0.6 is 34.7 Å². The van der Waals surface area contributed by atoms with E-state index < -0.39 is 5.91 Å². The SMILES string of the molecule is COCCNC(=O)c1c(NC(=O)c2nc(SCc3ccccc3C)ncc2Cl)sc2c1CCCC2. The lowest BCUT2D eigenvalue weighted by Gasteiger charge is -2.13. The Kier molecular flexibility index (Phi) is 8.78. The number of nitrogens with zero attached hydrogens (tertiary/aromatic N) is 2. The van der Waals surface area contributed by atoms with Gasteiger partial charge < -0.3 is 15.4 Å². The second kappa shape index (κ2) is 12.0. The van der Waals surface area contributed by atoms with E-state index >= 15 is 0 Å². The van der Waals surface area contributed by atoms with Gasteiger partial charge in [-0.2, -0.15) is 0 Å². The maximum absolute atomic E-state index is 13.2. The van der Waals surface area contributed by atoms with Gasteiger partial charge in [-0.1, -0.05) is 47.6 Å². The van der Waals surface area contributed by atoms with Crippen molar-refractivity contribution < 1.29 is 14.3 Å². The van der Waals surface area contributed by atoms with E-state index in [4.69, 9.17) is 16.3 Å². The Morgan fingerprint density at radius 3 is 2.80 bits per heavy atom. The summed E-state index contributed by atoms with van der Waals surface area (Å²) >= 11 is 9.20. The highest BCUT2D eigenvalue weighted by molar-refractivity contribution is 7.98. The Labute approximate surface area is 218 Å². The number of aryl methyl sites for hydroxylation is 2. The number of hydrogen-bond donors (Lipinski definition) is 2. The molecule has 7 nitrogen and oxygen atoms in total. The van der Waals surface area contributed by atoms with Gasteiger partial charge in [-0.25, -0.2) is 9.97 Å². The molecule has 0 spiro atoms. The molecule has 3 aromatic rings. The fourth-order valence-electron chi connectivity index (χ4n) is 3.91. The Hall–Kier alpha value is -2.46. The van der Waals surface area contributed by atoms with E-state index in [0.29, 0.717) is 34.6 Å². The molecule has 2 heterocycles. The monoisotopic (exact) mass is 530 g/mol. The van der Waals surface area contributed by atoms with Gasteiger partial charge in [0.05, 0.1) is 23.4 Å². The fraction of sp³-hybridized carbons (Fsp3) is 0.360. The van der Waals surface area contributed by atoms with Gasteiger partial charge in [-0.15, -0.1) is 11.3 Å². The van der Waals surface area contributed by atoms with Gasteiger partial charge in [0.1, 0.15) is 5.00 Å². The molecule has 0 fully saturated rings. The number of thioether (sulfide) groups is 1. The third-order valence-electron chi connectivity index (χ3n) is 5.77. The molecule has 1 aliphatic carbocycles. The largest absolute Gasteiger partial charge is 0.383 e. The highest BCUT2D eigenvalue weighted by Gasteiger charge is 2.27. The molecule has 0 radical (unpaired) electrons. The number of aromatic nitrogens is 2. The average molecular weight is 531 g/mol. The van der Waals surface area contributed by atoms with Crippen LogP contribution in [0.2, 0.25) is 5.02 Å². The van der Waals surface area contributed by atoms with Gasteiger partial charge in [0, 0.05) is 24.3 Å². The van der Waals surface area contributed by atoms with Gasteiger partial charge in [0.25, 0.3) is 11.8 Å². The van der Waals surface area contributed by atoms with Crippen LogP contribution in [0, 0.1) is 6.92 Å². The second-order valence-electron chi connectivity index (χ2n) is 8.18. The zero-order valence-corrected chi connectivity index (χ0v) is 22.0. The number of carbonyl (C=O) groups is 2. The Morgan fingerprint density at radius 2 is 2.00 bits per heavy atom. The van der Waals surface area contributed by atoms with Crippen molar-refractivity contribution in [3.63, 3.8) is 0 Å². The Bertz CT molecular complexity index is 1230. The summed E-state index contributed by atoms with van der Waals surface area (Å²) < 4.78 is 5.04. The number of ether oxygens (including phenoxy) is 1. The molecule has 1 aromatic carbocycles. The summed E-state index contributed by atoms with van der Waals surface area (Å²) in [6.45, 7) is 2.87. The molecule has 2 amide bonds. The number of thiophene rings is 1. The summed E-state index contributed by atoms with van der Waals surface area (Å²) in [7, 11) is 1.59. The minimum Gasteiger partial charge on any atom is -0.383 e. The fourth-order valence-corrected chi connectivity index (χ4v) is 6.26. The normalized spacial score (nSPS) is 12.8. The average Bonchev–Trinajstić information content (AvgIpc) is 3.22. The molecule has 0 atom stereocenters. The Morgan fingerprint density at radius 1 is 1.20 bits per heavy atom. The highest BCUT2D eigenvalue weighted by Crippen LogP contribution is 2.38. The predicted octanol–water partition coefficient (Wildman–Crippen LogP) is 5.30. The third-order valence-corrected chi connectivity index (χ3v) is 8.17. The van der Waals surface area contributed by atoms with Gasteiger partial charge >= 0.3 is 0 Å². The lowest BCUT2D eigenvalue weighted by Crippen LogP contribution is -2.28. The van der Waals surface area contributed by atoms with Gasteiger partial charge in [-0.05, 0) is 49.3 Å². The summed E-state index contributed by atoms with van der Waals surface area (Å²) in [4.78, 5) is 36.1. The van der Waals surface area contributed by atoms with Gasteiger partial charge in [0.2, 0.25) is 0 Å². The number of benzene rings is 1. The van der Waals surface area contributed by atoms with E-state index in [1.807, 2.05) is 12.1 Å². The zero-order valence-electron chi connectivity index (χ0n) is 19.7.